The van der Waals surface area contributed by atoms with Gasteiger partial charge in [0, 0.05) is 18.0 Å². The van der Waals surface area contributed by atoms with Crippen LogP contribution in [0.1, 0.15) is 31.0 Å². The van der Waals surface area contributed by atoms with Gasteiger partial charge in [0.25, 0.3) is 0 Å². The van der Waals surface area contributed by atoms with Crippen molar-refractivity contribution in [3.8, 4) is 6.01 Å². The number of aromatic nitrogens is 2. The third kappa shape index (κ3) is 4.41. The van der Waals surface area contributed by atoms with Gasteiger partial charge in [0.15, 0.2) is 5.82 Å². The Bertz CT molecular complexity index is 747. The molecule has 5 nitrogen and oxygen atoms in total. The van der Waals surface area contributed by atoms with Crippen molar-refractivity contribution in [2.45, 2.75) is 26.7 Å². The molecule has 0 aliphatic heterocycles. The molecule has 1 heterocycles. The summed E-state index contributed by atoms with van der Waals surface area (Å²) in [6.45, 7) is 5.44. The lowest BCUT2D eigenvalue weighted by Gasteiger charge is -2.09. The Morgan fingerprint density at radius 2 is 2.08 bits per heavy atom. The molecule has 0 amide bonds. The SMILES string of the molecule is Cc1c(F)ccc(N/C=C(\N)COc2nccc(C(C)C)n2)c1F. The molecule has 0 radical (unpaired) electrons. The average Bonchev–Trinajstić information content (AvgIpc) is 2.57. The minimum Gasteiger partial charge on any atom is -0.457 e. The first-order valence-electron chi connectivity index (χ1n) is 7.50. The van der Waals surface area contributed by atoms with Crippen molar-refractivity contribution in [2.75, 3.05) is 11.9 Å². The van der Waals surface area contributed by atoms with Crippen LogP contribution in [0.4, 0.5) is 14.5 Å². The van der Waals surface area contributed by atoms with Crippen molar-refractivity contribution in [2.24, 2.45) is 5.73 Å². The Morgan fingerprint density at radius 1 is 1.33 bits per heavy atom. The van der Waals surface area contributed by atoms with Gasteiger partial charge in [-0.15, -0.1) is 0 Å². The summed E-state index contributed by atoms with van der Waals surface area (Å²) in [5.41, 5.74) is 7.07. The van der Waals surface area contributed by atoms with Crippen LogP contribution in [0.25, 0.3) is 0 Å². The van der Waals surface area contributed by atoms with Gasteiger partial charge >= 0.3 is 6.01 Å². The van der Waals surface area contributed by atoms with Crippen LogP contribution < -0.4 is 15.8 Å². The van der Waals surface area contributed by atoms with E-state index in [0.29, 0.717) is 5.70 Å². The summed E-state index contributed by atoms with van der Waals surface area (Å²) < 4.78 is 32.5. The molecule has 0 saturated carbocycles. The molecule has 2 aromatic rings. The number of hydrogen-bond acceptors (Lipinski definition) is 5. The van der Waals surface area contributed by atoms with E-state index in [-0.39, 0.29) is 29.8 Å². The van der Waals surface area contributed by atoms with Crippen LogP contribution in [-0.2, 0) is 0 Å². The average molecular weight is 334 g/mol. The Hall–Kier alpha value is -2.70. The maximum atomic E-state index is 13.9. The number of hydrogen-bond donors (Lipinski definition) is 2. The predicted molar refractivity (Wildman–Crippen MR) is 88.6 cm³/mol. The summed E-state index contributed by atoms with van der Waals surface area (Å²) in [5, 5.41) is 2.70. The second-order valence-corrected chi connectivity index (χ2v) is 5.60. The Balaban J connectivity index is 1.98. The van der Waals surface area contributed by atoms with Crippen LogP contribution in [-0.4, -0.2) is 16.6 Å². The van der Waals surface area contributed by atoms with Gasteiger partial charge < -0.3 is 15.8 Å². The van der Waals surface area contributed by atoms with E-state index in [9.17, 15) is 8.78 Å². The molecular weight excluding hydrogens is 314 g/mol. The fourth-order valence-corrected chi connectivity index (χ4v) is 1.88. The standard InChI is InChI=1S/C17H20F2N4O/c1-10(2)14-6-7-21-17(23-14)24-9-12(20)8-22-15-5-4-13(18)11(3)16(15)19/h4-8,10,22H,9,20H2,1-3H3/b12-8-. The Labute approximate surface area is 139 Å². The minimum atomic E-state index is -0.659. The maximum absolute atomic E-state index is 13.9. The molecular formula is C17H20F2N4O. The first-order chi connectivity index (χ1) is 11.4. The highest BCUT2D eigenvalue weighted by atomic mass is 19.1. The molecule has 0 fully saturated rings. The summed E-state index contributed by atoms with van der Waals surface area (Å²) in [6, 6.07) is 4.53. The van der Waals surface area contributed by atoms with Crippen LogP contribution in [0, 0.1) is 18.6 Å². The van der Waals surface area contributed by atoms with Crippen LogP contribution in [0.15, 0.2) is 36.3 Å². The van der Waals surface area contributed by atoms with E-state index in [1.165, 1.54) is 25.3 Å². The molecule has 0 atom stereocenters. The zero-order valence-electron chi connectivity index (χ0n) is 13.8. The molecule has 1 aromatic carbocycles. The summed E-state index contributed by atoms with van der Waals surface area (Å²) in [6.07, 6.45) is 3.01. The van der Waals surface area contributed by atoms with Crippen molar-refractivity contribution in [3.05, 3.63) is 59.2 Å². The zero-order chi connectivity index (χ0) is 17.7. The normalized spacial score (nSPS) is 11.7. The number of ether oxygens (including phenoxy) is 1. The smallest absolute Gasteiger partial charge is 0.316 e. The Morgan fingerprint density at radius 3 is 2.79 bits per heavy atom. The number of nitrogens with zero attached hydrogens (tertiary/aromatic N) is 2. The van der Waals surface area contributed by atoms with Gasteiger partial charge in [-0.2, -0.15) is 4.98 Å². The van der Waals surface area contributed by atoms with Crippen molar-refractivity contribution in [3.63, 3.8) is 0 Å². The molecule has 0 unspecified atom stereocenters. The van der Waals surface area contributed by atoms with Gasteiger partial charge in [-0.3, -0.25) is 0 Å². The molecule has 3 N–H and O–H groups in total. The van der Waals surface area contributed by atoms with Crippen LogP contribution in [0.2, 0.25) is 0 Å². The summed E-state index contributed by atoms with van der Waals surface area (Å²) >= 11 is 0. The maximum Gasteiger partial charge on any atom is 0.316 e. The molecule has 24 heavy (non-hydrogen) atoms. The summed E-state index contributed by atoms with van der Waals surface area (Å²) in [5.74, 6) is -0.997. The van der Waals surface area contributed by atoms with E-state index in [1.807, 2.05) is 19.9 Å². The van der Waals surface area contributed by atoms with Crippen LogP contribution >= 0.6 is 0 Å². The molecule has 128 valence electrons. The van der Waals surface area contributed by atoms with Gasteiger partial charge in [-0.05, 0) is 31.0 Å². The van der Waals surface area contributed by atoms with Crippen LogP contribution in [0.3, 0.4) is 0 Å². The number of nitrogens with one attached hydrogen (secondary N) is 1. The van der Waals surface area contributed by atoms with E-state index in [0.717, 1.165) is 5.69 Å². The summed E-state index contributed by atoms with van der Waals surface area (Å²) in [7, 11) is 0. The number of benzene rings is 1. The fraction of sp³-hybridized carbons (Fsp3) is 0.294. The number of nitrogens with two attached hydrogens (primary N) is 1. The van der Waals surface area contributed by atoms with Gasteiger partial charge in [-0.25, -0.2) is 13.8 Å². The first-order valence-corrected chi connectivity index (χ1v) is 7.50. The van der Waals surface area contributed by atoms with Crippen molar-refractivity contribution in [1.82, 2.24) is 9.97 Å². The van der Waals surface area contributed by atoms with Crippen molar-refractivity contribution in [1.29, 1.82) is 0 Å². The molecule has 2 rings (SSSR count). The monoisotopic (exact) mass is 334 g/mol. The van der Waals surface area contributed by atoms with E-state index >= 15 is 0 Å². The lowest BCUT2D eigenvalue weighted by Crippen LogP contribution is -2.13. The fourth-order valence-electron chi connectivity index (χ4n) is 1.88. The minimum absolute atomic E-state index is 0.0380. The number of rotatable bonds is 6. The molecule has 0 aliphatic rings. The van der Waals surface area contributed by atoms with E-state index < -0.39 is 11.6 Å². The van der Waals surface area contributed by atoms with Crippen molar-refractivity contribution < 1.29 is 13.5 Å². The van der Waals surface area contributed by atoms with E-state index in [1.54, 1.807) is 6.20 Å². The highest BCUT2D eigenvalue weighted by molar-refractivity contribution is 5.50. The second kappa shape index (κ2) is 7.72. The molecule has 0 saturated heterocycles. The Kier molecular flexibility index (Phi) is 5.68. The first kappa shape index (κ1) is 17.7. The second-order valence-electron chi connectivity index (χ2n) is 5.60. The number of anilines is 1. The summed E-state index contributed by atoms with van der Waals surface area (Å²) in [4.78, 5) is 8.27. The van der Waals surface area contributed by atoms with Gasteiger partial charge in [0.1, 0.15) is 12.4 Å². The van der Waals surface area contributed by atoms with Crippen molar-refractivity contribution >= 4 is 5.69 Å². The lowest BCUT2D eigenvalue weighted by molar-refractivity contribution is 0.320. The number of halogens is 2. The van der Waals surface area contributed by atoms with Crippen LogP contribution in [0.5, 0.6) is 6.01 Å². The molecule has 0 bridgehead atoms. The highest BCUT2D eigenvalue weighted by Gasteiger charge is 2.09. The highest BCUT2D eigenvalue weighted by Crippen LogP contribution is 2.20. The van der Waals surface area contributed by atoms with Gasteiger partial charge in [0.05, 0.1) is 17.1 Å². The largest absolute Gasteiger partial charge is 0.457 e. The predicted octanol–water partition coefficient (Wildman–Crippen LogP) is 3.48. The molecule has 0 spiro atoms. The third-order valence-corrected chi connectivity index (χ3v) is 3.35. The van der Waals surface area contributed by atoms with Gasteiger partial charge in [0.2, 0.25) is 0 Å². The zero-order valence-corrected chi connectivity index (χ0v) is 13.8. The molecule has 7 heteroatoms. The topological polar surface area (TPSA) is 73.1 Å². The lowest BCUT2D eigenvalue weighted by atomic mass is 10.1. The molecule has 0 aliphatic carbocycles. The van der Waals surface area contributed by atoms with E-state index in [4.69, 9.17) is 10.5 Å². The third-order valence-electron chi connectivity index (χ3n) is 3.35. The quantitative estimate of drug-likeness (QED) is 0.846. The van der Waals surface area contributed by atoms with E-state index in [2.05, 4.69) is 15.3 Å². The van der Waals surface area contributed by atoms with Gasteiger partial charge in [-0.1, -0.05) is 13.8 Å². The molecule has 1 aromatic heterocycles.